The minimum atomic E-state index is -0.400. The van der Waals surface area contributed by atoms with Gasteiger partial charge in [0.1, 0.15) is 28.9 Å². The molecule has 4 heterocycles. The standard InChI is InChI=1S/C29H26FN7O2S/c1-2-31-29(38)39-23-12-21(32-15-23)6-8-24-13-25-27(33-17-34-28(25)40-24)36-22-7-9-26-19(11-22)14-35-37(26)16-18-4-3-5-20(30)10-18/h3-5,7,9-11,13-14,17,21,23,32H,2,12,15-16H2,1H3,(H,31,38)(H,33,34,36)/t21-,23+/m0/s1. The van der Waals surface area contributed by atoms with Crippen molar-refractivity contribution in [2.45, 2.75) is 32.0 Å². The van der Waals surface area contributed by atoms with E-state index in [1.54, 1.807) is 12.3 Å². The summed E-state index contributed by atoms with van der Waals surface area (Å²) in [5.41, 5.74) is 2.67. The maximum atomic E-state index is 13.6. The lowest BCUT2D eigenvalue weighted by molar-refractivity contribution is 0.107. The van der Waals surface area contributed by atoms with Gasteiger partial charge in [-0.2, -0.15) is 5.10 Å². The van der Waals surface area contributed by atoms with E-state index in [4.69, 9.17) is 4.74 Å². The highest BCUT2D eigenvalue weighted by atomic mass is 32.1. The van der Waals surface area contributed by atoms with Crippen LogP contribution in [0.2, 0.25) is 0 Å². The number of carbonyl (C=O) groups excluding carboxylic acids is 1. The Bertz CT molecular complexity index is 1760. The van der Waals surface area contributed by atoms with Gasteiger partial charge in [0.15, 0.2) is 0 Å². The molecule has 1 aliphatic heterocycles. The molecule has 0 aliphatic carbocycles. The number of halogens is 1. The van der Waals surface area contributed by atoms with Crippen LogP contribution in [0.1, 0.15) is 23.8 Å². The number of hydrogen-bond donors (Lipinski definition) is 3. The number of ether oxygens (including phenoxy) is 1. The third-order valence-corrected chi connectivity index (χ3v) is 7.47. The molecule has 0 radical (unpaired) electrons. The molecule has 2 atom stereocenters. The fourth-order valence-electron chi connectivity index (χ4n) is 4.65. The lowest BCUT2D eigenvalue weighted by Gasteiger charge is -2.10. The van der Waals surface area contributed by atoms with Gasteiger partial charge >= 0.3 is 6.09 Å². The van der Waals surface area contributed by atoms with E-state index in [2.05, 4.69) is 42.9 Å². The summed E-state index contributed by atoms with van der Waals surface area (Å²) in [7, 11) is 0. The summed E-state index contributed by atoms with van der Waals surface area (Å²) in [4.78, 5) is 22.3. The first kappa shape index (κ1) is 25.7. The number of anilines is 2. The van der Waals surface area contributed by atoms with Gasteiger partial charge in [-0.25, -0.2) is 19.2 Å². The number of nitrogens with zero attached hydrogens (tertiary/aromatic N) is 4. The Balaban J connectivity index is 1.16. The first-order valence-corrected chi connectivity index (χ1v) is 13.8. The highest BCUT2D eigenvalue weighted by molar-refractivity contribution is 7.19. The van der Waals surface area contributed by atoms with E-state index >= 15 is 0 Å². The van der Waals surface area contributed by atoms with E-state index in [0.29, 0.717) is 31.9 Å². The van der Waals surface area contributed by atoms with Crippen molar-refractivity contribution in [3.8, 4) is 11.8 Å². The average molecular weight is 556 g/mol. The second-order valence-corrected chi connectivity index (χ2v) is 10.4. The Morgan fingerprint density at radius 1 is 1.25 bits per heavy atom. The number of thiophene rings is 1. The van der Waals surface area contributed by atoms with Gasteiger partial charge < -0.3 is 15.4 Å². The molecule has 2 aromatic carbocycles. The molecule has 1 aliphatic rings. The number of alkyl carbamates (subject to hydrolysis) is 1. The van der Waals surface area contributed by atoms with E-state index < -0.39 is 6.09 Å². The van der Waals surface area contributed by atoms with E-state index in [1.165, 1.54) is 29.8 Å². The molecule has 1 amide bonds. The van der Waals surface area contributed by atoms with Crippen LogP contribution in [0.3, 0.4) is 0 Å². The Morgan fingerprint density at radius 2 is 2.17 bits per heavy atom. The second kappa shape index (κ2) is 11.3. The van der Waals surface area contributed by atoms with E-state index in [-0.39, 0.29) is 18.0 Å². The number of aromatic nitrogens is 4. The predicted molar refractivity (Wildman–Crippen MR) is 153 cm³/mol. The molecule has 11 heteroatoms. The minimum Gasteiger partial charge on any atom is -0.445 e. The van der Waals surface area contributed by atoms with E-state index in [1.807, 2.05) is 41.9 Å². The van der Waals surface area contributed by atoms with Crippen molar-refractivity contribution in [2.75, 3.05) is 18.4 Å². The van der Waals surface area contributed by atoms with Gasteiger partial charge in [-0.1, -0.05) is 24.0 Å². The van der Waals surface area contributed by atoms with Crippen LogP contribution in [0, 0.1) is 17.7 Å². The number of carbonyl (C=O) groups is 1. The van der Waals surface area contributed by atoms with Crippen molar-refractivity contribution >= 4 is 50.1 Å². The van der Waals surface area contributed by atoms with Crippen LogP contribution >= 0.6 is 11.3 Å². The van der Waals surface area contributed by atoms with Crippen molar-refractivity contribution in [1.29, 1.82) is 0 Å². The first-order chi connectivity index (χ1) is 19.5. The molecule has 40 heavy (non-hydrogen) atoms. The smallest absolute Gasteiger partial charge is 0.407 e. The molecule has 202 valence electrons. The number of fused-ring (bicyclic) bond motifs is 2. The van der Waals surface area contributed by atoms with Crippen LogP contribution < -0.4 is 16.0 Å². The van der Waals surface area contributed by atoms with Gasteiger partial charge in [0.05, 0.1) is 34.6 Å². The zero-order valence-corrected chi connectivity index (χ0v) is 22.5. The highest BCUT2D eigenvalue weighted by Gasteiger charge is 2.25. The summed E-state index contributed by atoms with van der Waals surface area (Å²) in [6.45, 7) is 3.45. The molecular formula is C29H26FN7O2S. The number of hydrogen-bond acceptors (Lipinski definition) is 8. The molecule has 1 fully saturated rings. The molecule has 0 spiro atoms. The largest absolute Gasteiger partial charge is 0.445 e. The van der Waals surface area contributed by atoms with Gasteiger partial charge in [-0.05, 0) is 48.9 Å². The molecule has 5 aromatic rings. The van der Waals surface area contributed by atoms with Crippen LogP contribution in [0.15, 0.2) is 61.1 Å². The van der Waals surface area contributed by atoms with Crippen LogP contribution in [0.5, 0.6) is 0 Å². The summed E-state index contributed by atoms with van der Waals surface area (Å²) < 4.78 is 20.8. The maximum Gasteiger partial charge on any atom is 0.407 e. The number of nitrogens with one attached hydrogen (secondary N) is 3. The third kappa shape index (κ3) is 5.73. The zero-order valence-electron chi connectivity index (χ0n) is 21.6. The Morgan fingerprint density at radius 3 is 3.05 bits per heavy atom. The first-order valence-electron chi connectivity index (χ1n) is 12.9. The van der Waals surface area contributed by atoms with Crippen molar-refractivity contribution in [3.05, 3.63) is 77.3 Å². The molecule has 0 bridgehead atoms. The monoisotopic (exact) mass is 555 g/mol. The highest BCUT2D eigenvalue weighted by Crippen LogP contribution is 2.30. The molecule has 0 unspecified atom stereocenters. The van der Waals surface area contributed by atoms with Crippen molar-refractivity contribution in [1.82, 2.24) is 30.4 Å². The topological polar surface area (TPSA) is 106 Å². The Labute approximate surface area is 233 Å². The van der Waals surface area contributed by atoms with Crippen LogP contribution in [0.4, 0.5) is 20.7 Å². The quantitative estimate of drug-likeness (QED) is 0.259. The van der Waals surface area contributed by atoms with Gasteiger partial charge in [-0.15, -0.1) is 11.3 Å². The molecule has 3 N–H and O–H groups in total. The fourth-order valence-corrected chi connectivity index (χ4v) is 5.51. The van der Waals surface area contributed by atoms with Crippen LogP contribution in [0.25, 0.3) is 21.1 Å². The number of benzene rings is 2. The summed E-state index contributed by atoms with van der Waals surface area (Å²) in [6.07, 6.45) is 3.39. The number of amides is 1. The third-order valence-electron chi connectivity index (χ3n) is 6.51. The summed E-state index contributed by atoms with van der Waals surface area (Å²) in [5.74, 6) is 6.91. The van der Waals surface area contributed by atoms with Crippen LogP contribution in [-0.4, -0.2) is 51.1 Å². The van der Waals surface area contributed by atoms with Crippen molar-refractivity contribution in [2.24, 2.45) is 0 Å². The Kier molecular flexibility index (Phi) is 7.27. The second-order valence-electron chi connectivity index (χ2n) is 9.41. The van der Waals surface area contributed by atoms with E-state index in [9.17, 15) is 9.18 Å². The van der Waals surface area contributed by atoms with Gasteiger partial charge in [-0.3, -0.25) is 10.00 Å². The zero-order chi connectivity index (χ0) is 27.5. The maximum absolute atomic E-state index is 13.6. The molecule has 1 saturated heterocycles. The fraction of sp³-hybridized carbons (Fsp3) is 0.241. The average Bonchev–Trinajstić information content (AvgIpc) is 3.67. The van der Waals surface area contributed by atoms with Gasteiger partial charge in [0, 0.05) is 30.6 Å². The van der Waals surface area contributed by atoms with Crippen molar-refractivity contribution < 1.29 is 13.9 Å². The SMILES string of the molecule is CCNC(=O)O[C@H]1CN[C@@H](C#Cc2cc3c(Nc4ccc5c(cnn5Cc5cccc(F)c5)c4)ncnc3s2)C1. The molecule has 9 nitrogen and oxygen atoms in total. The molecule has 0 saturated carbocycles. The molecular weight excluding hydrogens is 529 g/mol. The lowest BCUT2D eigenvalue weighted by Crippen LogP contribution is -2.29. The molecule has 6 rings (SSSR count). The van der Waals surface area contributed by atoms with E-state index in [0.717, 1.165) is 37.2 Å². The minimum absolute atomic E-state index is 0.0538. The van der Waals surface area contributed by atoms with Crippen LogP contribution in [-0.2, 0) is 11.3 Å². The van der Waals surface area contributed by atoms with Gasteiger partial charge in [0.25, 0.3) is 0 Å². The lowest BCUT2D eigenvalue weighted by atomic mass is 10.2. The normalized spacial score (nSPS) is 16.6. The molecule has 3 aromatic heterocycles. The Hall–Kier alpha value is -4.53. The van der Waals surface area contributed by atoms with Crippen molar-refractivity contribution in [3.63, 3.8) is 0 Å². The van der Waals surface area contributed by atoms with Gasteiger partial charge in [0.2, 0.25) is 0 Å². The summed E-state index contributed by atoms with van der Waals surface area (Å²) >= 11 is 1.50. The number of rotatable bonds is 6. The summed E-state index contributed by atoms with van der Waals surface area (Å²) in [5, 5.41) is 15.7. The summed E-state index contributed by atoms with van der Waals surface area (Å²) in [6, 6.07) is 14.5. The predicted octanol–water partition coefficient (Wildman–Crippen LogP) is 4.80.